The maximum atomic E-state index is 14.2. The number of hydrogen-bond acceptors (Lipinski definition) is 3. The van der Waals surface area contributed by atoms with Crippen molar-refractivity contribution in [1.82, 2.24) is 5.43 Å². The molecule has 5 heteroatoms. The molecule has 0 aliphatic heterocycles. The Morgan fingerprint density at radius 1 is 1.33 bits per heavy atom. The van der Waals surface area contributed by atoms with Gasteiger partial charge in [0.05, 0.1) is 13.2 Å². The van der Waals surface area contributed by atoms with Gasteiger partial charge in [-0.3, -0.25) is 11.3 Å². The third-order valence-electron chi connectivity index (χ3n) is 3.49. The fourth-order valence-corrected chi connectivity index (χ4v) is 2.59. The molecule has 1 atom stereocenters. The van der Waals surface area contributed by atoms with Crippen LogP contribution in [0.3, 0.4) is 0 Å². The van der Waals surface area contributed by atoms with Crippen LogP contribution in [0.1, 0.15) is 22.7 Å². The van der Waals surface area contributed by atoms with Gasteiger partial charge in [0.1, 0.15) is 0 Å². The SMILES string of the molecule is COc1cccc(CC(NN)c2ccc(C)c(Br)c2)c1F. The van der Waals surface area contributed by atoms with Gasteiger partial charge < -0.3 is 4.74 Å². The van der Waals surface area contributed by atoms with Crippen molar-refractivity contribution in [2.24, 2.45) is 5.84 Å². The minimum atomic E-state index is -0.341. The molecule has 21 heavy (non-hydrogen) atoms. The second-order valence-corrected chi connectivity index (χ2v) is 5.72. The highest BCUT2D eigenvalue weighted by molar-refractivity contribution is 9.10. The van der Waals surface area contributed by atoms with Gasteiger partial charge in [0.2, 0.25) is 0 Å². The quantitative estimate of drug-likeness (QED) is 0.637. The molecule has 0 amide bonds. The van der Waals surface area contributed by atoms with Crippen LogP contribution >= 0.6 is 15.9 Å². The van der Waals surface area contributed by atoms with Crippen LogP contribution in [0, 0.1) is 12.7 Å². The summed E-state index contributed by atoms with van der Waals surface area (Å²) in [5, 5.41) is 0. The zero-order valence-electron chi connectivity index (χ0n) is 12.0. The Morgan fingerprint density at radius 2 is 2.10 bits per heavy atom. The number of methoxy groups -OCH3 is 1. The van der Waals surface area contributed by atoms with E-state index in [0.29, 0.717) is 12.0 Å². The van der Waals surface area contributed by atoms with Crippen molar-refractivity contribution in [3.63, 3.8) is 0 Å². The summed E-state index contributed by atoms with van der Waals surface area (Å²) >= 11 is 3.50. The normalized spacial score (nSPS) is 12.2. The first-order valence-electron chi connectivity index (χ1n) is 6.60. The van der Waals surface area contributed by atoms with Crippen LogP contribution < -0.4 is 16.0 Å². The maximum absolute atomic E-state index is 14.2. The van der Waals surface area contributed by atoms with E-state index in [9.17, 15) is 4.39 Å². The number of rotatable bonds is 5. The van der Waals surface area contributed by atoms with Crippen molar-refractivity contribution in [2.45, 2.75) is 19.4 Å². The summed E-state index contributed by atoms with van der Waals surface area (Å²) in [5.74, 6) is 5.54. The van der Waals surface area contributed by atoms with Crippen LogP contribution in [0.4, 0.5) is 4.39 Å². The first-order valence-corrected chi connectivity index (χ1v) is 7.39. The van der Waals surface area contributed by atoms with Gasteiger partial charge in [0.15, 0.2) is 11.6 Å². The lowest BCUT2D eigenvalue weighted by Crippen LogP contribution is -2.29. The molecule has 2 aromatic carbocycles. The summed E-state index contributed by atoms with van der Waals surface area (Å²) in [5.41, 5.74) is 5.45. The summed E-state index contributed by atoms with van der Waals surface area (Å²) < 4.78 is 20.2. The largest absolute Gasteiger partial charge is 0.494 e. The molecule has 0 aliphatic carbocycles. The van der Waals surface area contributed by atoms with Crippen LogP contribution in [-0.2, 0) is 6.42 Å². The molecule has 112 valence electrons. The van der Waals surface area contributed by atoms with Crippen LogP contribution in [0.15, 0.2) is 40.9 Å². The Hall–Kier alpha value is -1.43. The summed E-state index contributed by atoms with van der Waals surface area (Å²) in [6.07, 6.45) is 0.440. The Morgan fingerprint density at radius 3 is 2.71 bits per heavy atom. The fraction of sp³-hybridized carbons (Fsp3) is 0.250. The molecule has 3 nitrogen and oxygen atoms in total. The van der Waals surface area contributed by atoms with Crippen molar-refractivity contribution in [3.8, 4) is 5.75 Å². The molecule has 0 aliphatic rings. The third-order valence-corrected chi connectivity index (χ3v) is 4.34. The molecule has 0 saturated carbocycles. The van der Waals surface area contributed by atoms with E-state index < -0.39 is 0 Å². The number of hydrogen-bond donors (Lipinski definition) is 2. The van der Waals surface area contributed by atoms with E-state index in [1.165, 1.54) is 7.11 Å². The molecule has 3 N–H and O–H groups in total. The summed E-state index contributed by atoms with van der Waals surface area (Å²) in [7, 11) is 1.46. The van der Waals surface area contributed by atoms with Crippen LogP contribution in [0.5, 0.6) is 5.75 Å². The smallest absolute Gasteiger partial charge is 0.168 e. The zero-order chi connectivity index (χ0) is 15.4. The molecule has 2 rings (SSSR count). The van der Waals surface area contributed by atoms with Gasteiger partial charge >= 0.3 is 0 Å². The van der Waals surface area contributed by atoms with Crippen LogP contribution in [0.25, 0.3) is 0 Å². The highest BCUT2D eigenvalue weighted by atomic mass is 79.9. The van der Waals surface area contributed by atoms with E-state index in [1.54, 1.807) is 18.2 Å². The molecule has 0 radical (unpaired) electrons. The number of aryl methyl sites for hydroxylation is 1. The average Bonchev–Trinajstić information content (AvgIpc) is 2.49. The highest BCUT2D eigenvalue weighted by Crippen LogP contribution is 2.27. The Bertz CT molecular complexity index is 634. The topological polar surface area (TPSA) is 47.3 Å². The van der Waals surface area contributed by atoms with E-state index >= 15 is 0 Å². The van der Waals surface area contributed by atoms with E-state index in [1.807, 2.05) is 25.1 Å². The van der Waals surface area contributed by atoms with Gasteiger partial charge in [-0.25, -0.2) is 4.39 Å². The number of halogens is 2. The van der Waals surface area contributed by atoms with E-state index in [-0.39, 0.29) is 17.6 Å². The number of benzene rings is 2. The summed E-state index contributed by atoms with van der Waals surface area (Å²) in [6, 6.07) is 10.9. The minimum absolute atomic E-state index is 0.177. The van der Waals surface area contributed by atoms with Gasteiger partial charge in [-0.05, 0) is 42.2 Å². The maximum Gasteiger partial charge on any atom is 0.168 e. The highest BCUT2D eigenvalue weighted by Gasteiger charge is 2.16. The Balaban J connectivity index is 2.29. The average molecular weight is 353 g/mol. The van der Waals surface area contributed by atoms with Crippen LogP contribution in [0.2, 0.25) is 0 Å². The lowest BCUT2D eigenvalue weighted by molar-refractivity contribution is 0.382. The number of ether oxygens (including phenoxy) is 1. The third kappa shape index (κ3) is 3.61. The van der Waals surface area contributed by atoms with Crippen molar-refractivity contribution in [2.75, 3.05) is 7.11 Å². The van der Waals surface area contributed by atoms with E-state index in [2.05, 4.69) is 21.4 Å². The van der Waals surface area contributed by atoms with Crippen molar-refractivity contribution < 1.29 is 9.13 Å². The predicted octanol–water partition coefficient (Wildman–Crippen LogP) is 3.65. The van der Waals surface area contributed by atoms with Gasteiger partial charge in [0, 0.05) is 4.47 Å². The van der Waals surface area contributed by atoms with E-state index in [0.717, 1.165) is 15.6 Å². The zero-order valence-corrected chi connectivity index (χ0v) is 13.6. The summed E-state index contributed by atoms with van der Waals surface area (Å²) in [6.45, 7) is 2.01. The molecule has 0 fully saturated rings. The lowest BCUT2D eigenvalue weighted by atomic mass is 9.98. The molecule has 0 heterocycles. The Labute approximate surface area is 132 Å². The van der Waals surface area contributed by atoms with E-state index in [4.69, 9.17) is 10.6 Å². The first kappa shape index (κ1) is 15.9. The molecular weight excluding hydrogens is 335 g/mol. The van der Waals surface area contributed by atoms with Gasteiger partial charge in [0.25, 0.3) is 0 Å². The van der Waals surface area contributed by atoms with Crippen LogP contribution in [-0.4, -0.2) is 7.11 Å². The second-order valence-electron chi connectivity index (χ2n) is 4.87. The number of nitrogens with one attached hydrogen (secondary N) is 1. The standard InChI is InChI=1S/C16H18BrFN2O/c1-10-6-7-11(8-13(10)17)14(20-19)9-12-4-3-5-15(21-2)16(12)18/h3-8,14,20H,9,19H2,1-2H3. The number of hydrazine groups is 1. The fourth-order valence-electron chi connectivity index (χ4n) is 2.19. The molecule has 0 saturated heterocycles. The van der Waals surface area contributed by atoms with Crippen molar-refractivity contribution >= 4 is 15.9 Å². The van der Waals surface area contributed by atoms with Gasteiger partial charge in [-0.15, -0.1) is 0 Å². The first-order chi connectivity index (χ1) is 10.1. The summed E-state index contributed by atoms with van der Waals surface area (Å²) in [4.78, 5) is 0. The van der Waals surface area contributed by atoms with Crippen molar-refractivity contribution in [3.05, 3.63) is 63.4 Å². The van der Waals surface area contributed by atoms with Crippen molar-refractivity contribution in [1.29, 1.82) is 0 Å². The second kappa shape index (κ2) is 7.02. The van der Waals surface area contributed by atoms with Gasteiger partial charge in [-0.1, -0.05) is 40.2 Å². The molecule has 0 spiro atoms. The molecular formula is C16H18BrFN2O. The molecule has 0 bridgehead atoms. The lowest BCUT2D eigenvalue weighted by Gasteiger charge is -2.18. The Kier molecular flexibility index (Phi) is 5.33. The molecule has 1 unspecified atom stereocenters. The monoisotopic (exact) mass is 352 g/mol. The predicted molar refractivity (Wildman–Crippen MR) is 85.6 cm³/mol. The molecule has 0 aromatic heterocycles. The minimum Gasteiger partial charge on any atom is -0.494 e. The molecule has 2 aromatic rings. The van der Waals surface area contributed by atoms with Gasteiger partial charge in [-0.2, -0.15) is 0 Å². The number of nitrogens with two attached hydrogens (primary N) is 1.